The number of halogens is 6. The normalized spacial score (nSPS) is 18.6. The lowest BCUT2D eigenvalue weighted by atomic mass is 9.66. The standard InChI is InChI=1S/C20H21F6NS/c1-17(2)5-6-18(3,4)16-15(17)14(10-28-16)27-13-8-11(19(21,22)23)7-12(9-13)20(24,25)26/h7-10,27H,5-6H2,1-4H3. The third-order valence-corrected chi connectivity index (χ3v) is 6.67. The van der Waals surface area contributed by atoms with Crippen LogP contribution in [0.2, 0.25) is 0 Å². The summed E-state index contributed by atoms with van der Waals surface area (Å²) in [6, 6.07) is 1.59. The summed E-state index contributed by atoms with van der Waals surface area (Å²) in [5, 5.41) is 4.63. The highest BCUT2D eigenvalue weighted by Gasteiger charge is 2.41. The van der Waals surface area contributed by atoms with Crippen LogP contribution in [0.4, 0.5) is 37.7 Å². The van der Waals surface area contributed by atoms with Gasteiger partial charge in [-0.15, -0.1) is 11.3 Å². The van der Waals surface area contributed by atoms with Crippen molar-refractivity contribution < 1.29 is 26.3 Å². The largest absolute Gasteiger partial charge is 0.416 e. The third kappa shape index (κ3) is 3.88. The summed E-state index contributed by atoms with van der Waals surface area (Å²) in [4.78, 5) is 1.12. The first-order valence-corrected chi connectivity index (χ1v) is 9.68. The van der Waals surface area contributed by atoms with Crippen molar-refractivity contribution in [2.45, 2.75) is 63.7 Å². The van der Waals surface area contributed by atoms with Crippen molar-refractivity contribution in [1.29, 1.82) is 0 Å². The van der Waals surface area contributed by atoms with Gasteiger partial charge in [0.1, 0.15) is 0 Å². The molecule has 1 heterocycles. The van der Waals surface area contributed by atoms with E-state index in [1.807, 2.05) is 13.8 Å². The summed E-state index contributed by atoms with van der Waals surface area (Å²) < 4.78 is 78.7. The lowest BCUT2D eigenvalue weighted by molar-refractivity contribution is -0.143. The van der Waals surface area contributed by atoms with Crippen LogP contribution in [0.3, 0.4) is 0 Å². The number of thiophene rings is 1. The number of anilines is 2. The summed E-state index contributed by atoms with van der Waals surface area (Å²) in [5.74, 6) is 0. The van der Waals surface area contributed by atoms with Gasteiger partial charge in [-0.3, -0.25) is 0 Å². The van der Waals surface area contributed by atoms with Gasteiger partial charge in [0, 0.05) is 15.9 Å². The van der Waals surface area contributed by atoms with Crippen LogP contribution >= 0.6 is 11.3 Å². The van der Waals surface area contributed by atoms with Gasteiger partial charge in [-0.25, -0.2) is 0 Å². The highest BCUT2D eigenvalue weighted by molar-refractivity contribution is 7.10. The Morgan fingerprint density at radius 1 is 0.821 bits per heavy atom. The summed E-state index contributed by atoms with van der Waals surface area (Å²) >= 11 is 1.49. The van der Waals surface area contributed by atoms with Crippen LogP contribution in [-0.2, 0) is 23.2 Å². The van der Waals surface area contributed by atoms with Crippen molar-refractivity contribution in [2.24, 2.45) is 0 Å². The van der Waals surface area contributed by atoms with Crippen LogP contribution in [0, 0.1) is 0 Å². The van der Waals surface area contributed by atoms with Crippen molar-refractivity contribution >= 4 is 22.7 Å². The molecule has 0 aliphatic heterocycles. The Kier molecular flexibility index (Phi) is 4.81. The van der Waals surface area contributed by atoms with E-state index in [1.54, 1.807) is 5.38 Å². The zero-order valence-electron chi connectivity index (χ0n) is 15.9. The van der Waals surface area contributed by atoms with Gasteiger partial charge in [0.2, 0.25) is 0 Å². The Hall–Kier alpha value is -1.70. The zero-order valence-corrected chi connectivity index (χ0v) is 16.7. The molecule has 8 heteroatoms. The van der Waals surface area contributed by atoms with Crippen LogP contribution in [-0.4, -0.2) is 0 Å². The number of hydrogen-bond donors (Lipinski definition) is 1. The average Bonchev–Trinajstić information content (AvgIpc) is 2.96. The predicted octanol–water partition coefficient (Wildman–Crippen LogP) is 7.88. The van der Waals surface area contributed by atoms with E-state index in [2.05, 4.69) is 19.2 Å². The summed E-state index contributed by atoms with van der Waals surface area (Å²) in [5.41, 5.74) is -1.63. The molecule has 0 atom stereocenters. The molecule has 0 bridgehead atoms. The monoisotopic (exact) mass is 421 g/mol. The molecule has 0 saturated carbocycles. The summed E-state index contributed by atoms with van der Waals surface area (Å²) in [6.07, 6.45) is -7.89. The lowest BCUT2D eigenvalue weighted by Crippen LogP contribution is -2.32. The second kappa shape index (κ2) is 6.40. The van der Waals surface area contributed by atoms with Crippen LogP contribution in [0.5, 0.6) is 0 Å². The van der Waals surface area contributed by atoms with Crippen molar-refractivity contribution in [2.75, 3.05) is 5.32 Å². The van der Waals surface area contributed by atoms with Crippen molar-refractivity contribution in [3.05, 3.63) is 45.1 Å². The first-order chi connectivity index (χ1) is 12.6. The van der Waals surface area contributed by atoms with E-state index in [-0.39, 0.29) is 22.6 Å². The minimum absolute atomic E-state index is 0.0829. The highest BCUT2D eigenvalue weighted by atomic mass is 32.1. The molecule has 3 rings (SSSR count). The lowest BCUT2D eigenvalue weighted by Gasteiger charge is -2.40. The van der Waals surface area contributed by atoms with Gasteiger partial charge in [0.05, 0.1) is 16.8 Å². The van der Waals surface area contributed by atoms with E-state index in [4.69, 9.17) is 0 Å². The van der Waals surface area contributed by atoms with Gasteiger partial charge < -0.3 is 5.32 Å². The van der Waals surface area contributed by atoms with E-state index in [9.17, 15) is 26.3 Å². The smallest absolute Gasteiger partial charge is 0.355 e. The van der Waals surface area contributed by atoms with E-state index >= 15 is 0 Å². The van der Waals surface area contributed by atoms with Crippen LogP contribution in [0.1, 0.15) is 62.1 Å². The minimum atomic E-state index is -4.87. The number of benzene rings is 1. The van der Waals surface area contributed by atoms with Crippen molar-refractivity contribution in [1.82, 2.24) is 0 Å². The molecule has 0 saturated heterocycles. The fourth-order valence-corrected chi connectivity index (χ4v) is 5.00. The van der Waals surface area contributed by atoms with Gasteiger partial charge >= 0.3 is 12.4 Å². The molecule has 154 valence electrons. The Bertz CT molecular complexity index is 857. The van der Waals surface area contributed by atoms with Crippen LogP contribution in [0.25, 0.3) is 0 Å². The van der Waals surface area contributed by atoms with E-state index < -0.39 is 23.5 Å². The van der Waals surface area contributed by atoms with Crippen molar-refractivity contribution in [3.63, 3.8) is 0 Å². The topological polar surface area (TPSA) is 12.0 Å². The Balaban J connectivity index is 2.10. The van der Waals surface area contributed by atoms with Crippen molar-refractivity contribution in [3.8, 4) is 0 Å². The molecule has 2 aromatic rings. The first-order valence-electron chi connectivity index (χ1n) is 8.80. The molecule has 1 nitrogen and oxygen atoms in total. The average molecular weight is 421 g/mol. The maximum Gasteiger partial charge on any atom is 0.416 e. The van der Waals surface area contributed by atoms with Crippen LogP contribution in [0.15, 0.2) is 23.6 Å². The Labute approximate surface area is 163 Å². The maximum atomic E-state index is 13.1. The van der Waals surface area contributed by atoms with E-state index in [0.717, 1.165) is 35.4 Å². The summed E-state index contributed by atoms with van der Waals surface area (Å²) in [6.45, 7) is 8.30. The SMILES string of the molecule is CC1(C)CCC(C)(C)c2c(Nc3cc(C(F)(F)F)cc(C(F)(F)F)c3)csc21. The first kappa shape index (κ1) is 21.0. The number of rotatable bonds is 2. The van der Waals surface area contributed by atoms with Crippen LogP contribution < -0.4 is 5.32 Å². The molecule has 1 aliphatic carbocycles. The molecule has 1 aliphatic rings. The molecule has 0 amide bonds. The molecule has 0 spiro atoms. The van der Waals surface area contributed by atoms with Gasteiger partial charge in [-0.1, -0.05) is 27.7 Å². The molecule has 0 unspecified atom stereocenters. The van der Waals surface area contributed by atoms with Gasteiger partial charge in [-0.2, -0.15) is 26.3 Å². The number of fused-ring (bicyclic) bond motifs is 1. The Morgan fingerprint density at radius 3 is 1.82 bits per heavy atom. The minimum Gasteiger partial charge on any atom is -0.355 e. The van der Waals surface area contributed by atoms with Gasteiger partial charge in [0.15, 0.2) is 0 Å². The van der Waals surface area contributed by atoms with E-state index in [0.29, 0.717) is 5.69 Å². The number of hydrogen-bond acceptors (Lipinski definition) is 2. The second-order valence-corrected chi connectivity index (χ2v) is 9.42. The third-order valence-electron chi connectivity index (χ3n) is 5.32. The number of alkyl halides is 6. The molecular formula is C20H21F6NS. The molecule has 1 N–H and O–H groups in total. The molecule has 1 aromatic heterocycles. The highest BCUT2D eigenvalue weighted by Crippen LogP contribution is 2.52. The van der Waals surface area contributed by atoms with Gasteiger partial charge in [0.25, 0.3) is 0 Å². The fraction of sp³-hybridized carbons (Fsp3) is 0.500. The molecular weight excluding hydrogens is 400 g/mol. The zero-order chi connectivity index (χ0) is 21.1. The number of nitrogens with one attached hydrogen (secondary N) is 1. The van der Waals surface area contributed by atoms with E-state index in [1.165, 1.54) is 11.3 Å². The van der Waals surface area contributed by atoms with Gasteiger partial charge in [-0.05, 0) is 47.4 Å². The predicted molar refractivity (Wildman–Crippen MR) is 99.3 cm³/mol. The molecule has 0 radical (unpaired) electrons. The fourth-order valence-electron chi connectivity index (χ4n) is 3.67. The molecule has 1 aromatic carbocycles. The maximum absolute atomic E-state index is 13.1. The second-order valence-electron chi connectivity index (χ2n) is 8.54. The quantitative estimate of drug-likeness (QED) is 0.486. The summed E-state index contributed by atoms with van der Waals surface area (Å²) in [7, 11) is 0. The Morgan fingerprint density at radius 2 is 1.32 bits per heavy atom. The molecule has 0 fully saturated rings. The molecule has 28 heavy (non-hydrogen) atoms.